The highest BCUT2D eigenvalue weighted by molar-refractivity contribution is 7.17. The molecule has 1 aromatic carbocycles. The van der Waals surface area contributed by atoms with Gasteiger partial charge < -0.3 is 4.90 Å². The Morgan fingerprint density at radius 1 is 1.28 bits per heavy atom. The first kappa shape index (κ1) is 13.1. The van der Waals surface area contributed by atoms with E-state index in [0.29, 0.717) is 0 Å². The summed E-state index contributed by atoms with van der Waals surface area (Å²) in [6.07, 6.45) is 0.877. The maximum absolute atomic E-state index is 10.7. The van der Waals surface area contributed by atoms with Crippen molar-refractivity contribution in [3.8, 4) is 0 Å². The van der Waals surface area contributed by atoms with Gasteiger partial charge in [0.15, 0.2) is 6.29 Å². The van der Waals surface area contributed by atoms with Crippen LogP contribution in [0, 0.1) is 0 Å². The number of nitrogens with zero attached hydrogens (tertiary/aromatic N) is 1. The molecule has 0 aliphatic heterocycles. The maximum Gasteiger partial charge on any atom is 0.160 e. The summed E-state index contributed by atoms with van der Waals surface area (Å²) in [5, 5.41) is 1.83. The van der Waals surface area contributed by atoms with Crippen LogP contribution in [0.2, 0.25) is 5.02 Å². The molecule has 0 aliphatic rings. The summed E-state index contributed by atoms with van der Waals surface area (Å²) >= 11 is 7.69. The van der Waals surface area contributed by atoms with Crippen LogP contribution in [0.15, 0.2) is 36.4 Å². The molecule has 2 nitrogen and oxygen atoms in total. The zero-order valence-electron chi connectivity index (χ0n) is 10.3. The molecule has 0 fully saturated rings. The Kier molecular flexibility index (Phi) is 4.04. The number of benzene rings is 1. The van der Waals surface area contributed by atoms with E-state index in [-0.39, 0.29) is 6.04 Å². The molecule has 94 valence electrons. The lowest BCUT2D eigenvalue weighted by Crippen LogP contribution is -2.20. The fourth-order valence-electron chi connectivity index (χ4n) is 1.81. The second-order valence-corrected chi connectivity index (χ2v) is 5.60. The fraction of sp³-hybridized carbons (Fsp3) is 0.214. The van der Waals surface area contributed by atoms with Crippen molar-refractivity contribution >= 4 is 34.2 Å². The summed E-state index contributed by atoms with van der Waals surface area (Å²) in [6, 6.07) is 11.8. The number of carbonyl (C=O) groups excluding carboxylic acids is 1. The Hall–Kier alpha value is -1.32. The number of carbonyl (C=O) groups is 1. The van der Waals surface area contributed by atoms with Gasteiger partial charge in [0.2, 0.25) is 0 Å². The lowest BCUT2D eigenvalue weighted by molar-refractivity contribution is 0.112. The summed E-state index contributed by atoms with van der Waals surface area (Å²) in [6.45, 7) is 2.10. The second kappa shape index (κ2) is 5.55. The smallest absolute Gasteiger partial charge is 0.160 e. The van der Waals surface area contributed by atoms with Crippen LogP contribution >= 0.6 is 22.9 Å². The van der Waals surface area contributed by atoms with Crippen molar-refractivity contribution in [2.75, 3.05) is 11.9 Å². The second-order valence-electron chi connectivity index (χ2n) is 4.10. The van der Waals surface area contributed by atoms with E-state index in [1.165, 1.54) is 11.3 Å². The first-order chi connectivity index (χ1) is 8.63. The average Bonchev–Trinajstić information content (AvgIpc) is 2.86. The van der Waals surface area contributed by atoms with Crippen molar-refractivity contribution in [2.24, 2.45) is 0 Å². The summed E-state index contributed by atoms with van der Waals surface area (Å²) in [4.78, 5) is 13.6. The third-order valence-corrected chi connectivity index (χ3v) is 4.46. The lowest BCUT2D eigenvalue weighted by atomic mass is 10.1. The van der Waals surface area contributed by atoms with Crippen molar-refractivity contribution < 1.29 is 4.79 Å². The third-order valence-electron chi connectivity index (χ3n) is 3.01. The first-order valence-electron chi connectivity index (χ1n) is 5.65. The minimum Gasteiger partial charge on any atom is -0.360 e. The molecule has 0 radical (unpaired) electrons. The first-order valence-corrected chi connectivity index (χ1v) is 6.85. The van der Waals surface area contributed by atoms with E-state index in [4.69, 9.17) is 11.6 Å². The van der Waals surface area contributed by atoms with Gasteiger partial charge in [0.25, 0.3) is 0 Å². The highest BCUT2D eigenvalue weighted by Gasteiger charge is 2.16. The number of rotatable bonds is 4. The van der Waals surface area contributed by atoms with Crippen LogP contribution in [0.4, 0.5) is 5.00 Å². The highest BCUT2D eigenvalue weighted by atomic mass is 35.5. The molecule has 2 rings (SSSR count). The minimum absolute atomic E-state index is 0.164. The zero-order valence-corrected chi connectivity index (χ0v) is 11.8. The van der Waals surface area contributed by atoms with E-state index < -0.39 is 0 Å². The number of anilines is 1. The molecule has 1 heterocycles. The van der Waals surface area contributed by atoms with Gasteiger partial charge in [0, 0.05) is 12.1 Å². The van der Waals surface area contributed by atoms with Crippen LogP contribution in [0.1, 0.15) is 28.2 Å². The van der Waals surface area contributed by atoms with E-state index in [1.54, 1.807) is 0 Å². The largest absolute Gasteiger partial charge is 0.360 e. The van der Waals surface area contributed by atoms with Crippen LogP contribution in [0.25, 0.3) is 0 Å². The molecule has 0 N–H and O–H groups in total. The van der Waals surface area contributed by atoms with Crippen LogP contribution in [0.3, 0.4) is 0 Å². The van der Waals surface area contributed by atoms with E-state index in [9.17, 15) is 4.79 Å². The van der Waals surface area contributed by atoms with Crippen LogP contribution in [-0.2, 0) is 0 Å². The molecule has 1 unspecified atom stereocenters. The minimum atomic E-state index is 0.164. The normalized spacial score (nSPS) is 12.2. The summed E-state index contributed by atoms with van der Waals surface area (Å²) < 4.78 is 0. The Balaban J connectivity index is 2.26. The molecule has 0 saturated heterocycles. The summed E-state index contributed by atoms with van der Waals surface area (Å²) in [5.74, 6) is 0. The fourth-order valence-corrected chi connectivity index (χ4v) is 2.97. The molecule has 18 heavy (non-hydrogen) atoms. The van der Waals surface area contributed by atoms with Crippen molar-refractivity contribution in [2.45, 2.75) is 13.0 Å². The molecular formula is C14H14ClNOS. The van der Waals surface area contributed by atoms with Gasteiger partial charge in [0.1, 0.15) is 0 Å². The van der Waals surface area contributed by atoms with E-state index >= 15 is 0 Å². The van der Waals surface area contributed by atoms with Crippen molar-refractivity contribution in [1.82, 2.24) is 0 Å². The van der Waals surface area contributed by atoms with Gasteiger partial charge in [-0.15, -0.1) is 11.3 Å². The standard InChI is InChI=1S/C14H14ClNOS/c1-10(12-5-3-4-6-13(12)15)16(2)14-8-7-11(9-17)18-14/h3-10H,1-2H3. The number of halogens is 1. The summed E-state index contributed by atoms with van der Waals surface area (Å²) in [5.41, 5.74) is 1.09. The molecule has 2 aromatic rings. The number of thiophene rings is 1. The van der Waals surface area contributed by atoms with E-state index in [2.05, 4.69) is 11.8 Å². The highest BCUT2D eigenvalue weighted by Crippen LogP contribution is 2.33. The van der Waals surface area contributed by atoms with Crippen molar-refractivity contribution in [1.29, 1.82) is 0 Å². The predicted molar refractivity (Wildman–Crippen MR) is 78.0 cm³/mol. The van der Waals surface area contributed by atoms with Crippen LogP contribution in [0.5, 0.6) is 0 Å². The van der Waals surface area contributed by atoms with Crippen molar-refractivity contribution in [3.63, 3.8) is 0 Å². The Labute approximate surface area is 116 Å². The van der Waals surface area contributed by atoms with Gasteiger partial charge in [-0.2, -0.15) is 0 Å². The SMILES string of the molecule is CC(c1ccccc1Cl)N(C)c1ccc(C=O)s1. The average molecular weight is 280 g/mol. The lowest BCUT2D eigenvalue weighted by Gasteiger charge is -2.26. The summed E-state index contributed by atoms with van der Waals surface area (Å²) in [7, 11) is 2.01. The molecule has 4 heteroatoms. The van der Waals surface area contributed by atoms with Gasteiger partial charge in [-0.3, -0.25) is 4.79 Å². The van der Waals surface area contributed by atoms with Gasteiger partial charge in [-0.1, -0.05) is 29.8 Å². The molecule has 0 bridgehead atoms. The number of hydrogen-bond acceptors (Lipinski definition) is 3. The van der Waals surface area contributed by atoms with Crippen molar-refractivity contribution in [3.05, 3.63) is 51.9 Å². The molecule has 0 aliphatic carbocycles. The molecule has 0 spiro atoms. The Bertz CT molecular complexity index is 552. The topological polar surface area (TPSA) is 20.3 Å². The molecule has 1 aromatic heterocycles. The van der Waals surface area contributed by atoms with Gasteiger partial charge >= 0.3 is 0 Å². The number of hydrogen-bond donors (Lipinski definition) is 0. The maximum atomic E-state index is 10.7. The van der Waals surface area contributed by atoms with Crippen LogP contribution < -0.4 is 4.90 Å². The quantitative estimate of drug-likeness (QED) is 0.773. The van der Waals surface area contributed by atoms with E-state index in [1.807, 2.05) is 43.4 Å². The third kappa shape index (κ3) is 2.57. The van der Waals surface area contributed by atoms with Gasteiger partial charge in [-0.05, 0) is 30.7 Å². The molecule has 0 saturated carbocycles. The monoisotopic (exact) mass is 279 g/mol. The molecule has 1 atom stereocenters. The molecule has 0 amide bonds. The predicted octanol–water partition coefficient (Wildman–Crippen LogP) is 4.41. The van der Waals surface area contributed by atoms with Crippen LogP contribution in [-0.4, -0.2) is 13.3 Å². The van der Waals surface area contributed by atoms with E-state index in [0.717, 1.165) is 26.8 Å². The Morgan fingerprint density at radius 2 is 2.00 bits per heavy atom. The number of aldehydes is 1. The van der Waals surface area contributed by atoms with Gasteiger partial charge in [0.05, 0.1) is 15.9 Å². The Morgan fingerprint density at radius 3 is 2.61 bits per heavy atom. The molecular weight excluding hydrogens is 266 g/mol. The zero-order chi connectivity index (χ0) is 13.1. The van der Waals surface area contributed by atoms with Gasteiger partial charge in [-0.25, -0.2) is 0 Å².